The molecule has 0 saturated heterocycles. The van der Waals surface area contributed by atoms with Gasteiger partial charge in [-0.1, -0.05) is 24.3 Å². The van der Waals surface area contributed by atoms with E-state index in [0.717, 1.165) is 16.5 Å². The lowest BCUT2D eigenvalue weighted by Gasteiger charge is -1.98. The molecule has 86 valence electrons. The third-order valence-electron chi connectivity index (χ3n) is 3.16. The van der Waals surface area contributed by atoms with Gasteiger partial charge in [-0.2, -0.15) is 0 Å². The van der Waals surface area contributed by atoms with Crippen molar-refractivity contribution in [2.45, 2.75) is 0 Å². The lowest BCUT2D eigenvalue weighted by molar-refractivity contribution is 0.428. The highest BCUT2D eigenvalue weighted by Crippen LogP contribution is 2.39. The van der Waals surface area contributed by atoms with E-state index < -0.39 is 0 Å². The van der Waals surface area contributed by atoms with E-state index in [4.69, 9.17) is 4.84 Å². The van der Waals surface area contributed by atoms with Crippen LogP contribution in [0.1, 0.15) is 0 Å². The van der Waals surface area contributed by atoms with Gasteiger partial charge in [0.15, 0.2) is 5.75 Å². The van der Waals surface area contributed by atoms with Crippen LogP contribution in [0.5, 0.6) is 5.75 Å². The molecular weight excluding hydrogens is 228 g/mol. The number of nitrogens with one attached hydrogen (secondary N) is 1. The summed E-state index contributed by atoms with van der Waals surface area (Å²) < 4.78 is 0. The van der Waals surface area contributed by atoms with Gasteiger partial charge in [-0.25, -0.2) is 10.5 Å². The first kappa shape index (κ1) is 9.41. The first-order valence-electron chi connectivity index (χ1n) is 5.63. The average molecular weight is 236 g/mol. The first-order chi connectivity index (χ1) is 8.84. The summed E-state index contributed by atoms with van der Waals surface area (Å²) in [6, 6.07) is 12.9. The van der Waals surface area contributed by atoms with E-state index in [1.807, 2.05) is 36.4 Å². The molecule has 0 unspecified atom stereocenters. The molecule has 1 aliphatic heterocycles. The predicted molar refractivity (Wildman–Crippen MR) is 69.8 cm³/mol. The molecule has 0 amide bonds. The molecule has 0 fully saturated rings. The molecule has 0 radical (unpaired) electrons. The fraction of sp³-hybridized carbons (Fsp3) is 0. The van der Waals surface area contributed by atoms with Crippen LogP contribution < -0.4 is 15.9 Å². The summed E-state index contributed by atoms with van der Waals surface area (Å²) in [5.74, 6) is 0.672. The van der Waals surface area contributed by atoms with E-state index in [9.17, 15) is 4.79 Å². The van der Waals surface area contributed by atoms with Crippen LogP contribution in [-0.2, 0) is 0 Å². The van der Waals surface area contributed by atoms with E-state index in [2.05, 4.69) is 10.5 Å². The maximum Gasteiger partial charge on any atom is 0.278 e. The van der Waals surface area contributed by atoms with Gasteiger partial charge in [-0.3, -0.25) is 4.79 Å². The van der Waals surface area contributed by atoms with Crippen molar-refractivity contribution in [3.05, 3.63) is 52.8 Å². The molecule has 1 aliphatic rings. The summed E-state index contributed by atoms with van der Waals surface area (Å²) >= 11 is 0. The Balaban J connectivity index is 2.42. The summed E-state index contributed by atoms with van der Waals surface area (Å²) in [5.41, 5.74) is 4.12. The molecule has 0 saturated carbocycles. The maximum atomic E-state index is 12.1. The van der Waals surface area contributed by atoms with Crippen LogP contribution in [0.25, 0.3) is 21.7 Å². The number of aromatic nitrogens is 1. The van der Waals surface area contributed by atoms with Crippen LogP contribution in [0.15, 0.2) is 47.3 Å². The summed E-state index contributed by atoms with van der Waals surface area (Å²) in [4.78, 5) is 21.8. The third-order valence-corrected chi connectivity index (χ3v) is 3.16. The Hall–Kier alpha value is -2.62. The summed E-state index contributed by atoms with van der Waals surface area (Å²) in [6.07, 6.45) is 0. The molecule has 0 atom stereocenters. The first-order valence-corrected chi connectivity index (χ1v) is 5.63. The Kier molecular flexibility index (Phi) is 1.67. The number of nitrogens with zero attached hydrogens (tertiary/aromatic N) is 1. The zero-order valence-corrected chi connectivity index (χ0v) is 9.31. The van der Waals surface area contributed by atoms with E-state index >= 15 is 0 Å². The number of rotatable bonds is 0. The summed E-state index contributed by atoms with van der Waals surface area (Å²) in [6.45, 7) is 0. The van der Waals surface area contributed by atoms with Gasteiger partial charge in [0.1, 0.15) is 0 Å². The molecule has 4 heteroatoms. The highest BCUT2D eigenvalue weighted by Gasteiger charge is 2.19. The van der Waals surface area contributed by atoms with Gasteiger partial charge in [-0.05, 0) is 18.2 Å². The number of hydrogen-bond donors (Lipinski definition) is 1. The Morgan fingerprint density at radius 1 is 1.00 bits per heavy atom. The molecule has 1 aromatic heterocycles. The second-order valence-corrected chi connectivity index (χ2v) is 4.20. The smallest absolute Gasteiger partial charge is 0.278 e. The average Bonchev–Trinajstić information content (AvgIpc) is 2.78. The molecule has 0 spiro atoms. The SMILES string of the molecule is O=c1nc2cccc3c2c(c2ccccc12)ON3. The van der Waals surface area contributed by atoms with Crippen molar-refractivity contribution < 1.29 is 4.84 Å². The monoisotopic (exact) mass is 236 g/mol. The van der Waals surface area contributed by atoms with Crippen molar-refractivity contribution in [2.24, 2.45) is 0 Å². The van der Waals surface area contributed by atoms with Crippen molar-refractivity contribution in [2.75, 3.05) is 5.48 Å². The van der Waals surface area contributed by atoms with Crippen LogP contribution in [0.3, 0.4) is 0 Å². The largest absolute Gasteiger partial charge is 0.381 e. The lowest BCUT2D eigenvalue weighted by Crippen LogP contribution is -2.03. The van der Waals surface area contributed by atoms with E-state index in [1.165, 1.54) is 0 Å². The van der Waals surface area contributed by atoms with Gasteiger partial charge < -0.3 is 4.84 Å². The molecule has 4 nitrogen and oxygen atoms in total. The summed E-state index contributed by atoms with van der Waals surface area (Å²) in [7, 11) is 0. The van der Waals surface area contributed by atoms with E-state index in [-0.39, 0.29) is 5.56 Å². The van der Waals surface area contributed by atoms with Gasteiger partial charge in [0.2, 0.25) is 0 Å². The molecule has 0 aliphatic carbocycles. The number of anilines is 1. The van der Waals surface area contributed by atoms with Gasteiger partial charge in [0.25, 0.3) is 5.56 Å². The van der Waals surface area contributed by atoms with E-state index in [0.29, 0.717) is 16.7 Å². The van der Waals surface area contributed by atoms with Crippen molar-refractivity contribution in [3.63, 3.8) is 0 Å². The molecule has 2 heterocycles. The van der Waals surface area contributed by atoms with Gasteiger partial charge in [-0.15, -0.1) is 0 Å². The summed E-state index contributed by atoms with van der Waals surface area (Å²) in [5, 5.41) is 2.21. The van der Waals surface area contributed by atoms with Crippen LogP contribution in [0.4, 0.5) is 5.69 Å². The molecule has 3 aromatic rings. The Morgan fingerprint density at radius 2 is 1.83 bits per heavy atom. The van der Waals surface area contributed by atoms with Crippen LogP contribution in [0, 0.1) is 0 Å². The van der Waals surface area contributed by atoms with Gasteiger partial charge in [0, 0.05) is 5.39 Å². The second kappa shape index (κ2) is 3.20. The Morgan fingerprint density at radius 3 is 2.72 bits per heavy atom. The fourth-order valence-corrected chi connectivity index (χ4v) is 2.34. The minimum Gasteiger partial charge on any atom is -0.381 e. The molecule has 1 N–H and O–H groups in total. The van der Waals surface area contributed by atoms with E-state index in [1.54, 1.807) is 6.07 Å². The molecule has 18 heavy (non-hydrogen) atoms. The third kappa shape index (κ3) is 1.09. The standard InChI is InChI=1S/C14H8N2O2/c17-14-9-5-2-1-4-8(9)13-12-10(15-14)6-3-7-11(12)16-18-13/h1-7,16H. The molecular formula is C14H8N2O2. The number of fused-ring (bicyclic) bond motifs is 2. The topological polar surface area (TPSA) is 51.2 Å². The molecule has 2 aromatic carbocycles. The predicted octanol–water partition coefficient (Wildman–Crippen LogP) is 2.47. The minimum absolute atomic E-state index is 0.232. The Bertz CT molecular complexity index is 859. The highest BCUT2D eigenvalue weighted by atomic mass is 16.7. The zero-order chi connectivity index (χ0) is 12.1. The van der Waals surface area contributed by atoms with Crippen molar-refractivity contribution in [1.82, 2.24) is 4.98 Å². The second-order valence-electron chi connectivity index (χ2n) is 4.20. The zero-order valence-electron chi connectivity index (χ0n) is 9.31. The lowest BCUT2D eigenvalue weighted by atomic mass is 10.1. The van der Waals surface area contributed by atoms with Crippen molar-refractivity contribution in [3.8, 4) is 5.75 Å². The molecule has 4 rings (SSSR count). The quantitative estimate of drug-likeness (QED) is 0.651. The van der Waals surface area contributed by atoms with Crippen molar-refractivity contribution in [1.29, 1.82) is 0 Å². The van der Waals surface area contributed by atoms with Gasteiger partial charge in [0.05, 0.1) is 22.0 Å². The van der Waals surface area contributed by atoms with Crippen LogP contribution in [0.2, 0.25) is 0 Å². The number of hydrogen-bond acceptors (Lipinski definition) is 4. The van der Waals surface area contributed by atoms with Crippen molar-refractivity contribution >= 4 is 27.4 Å². The Labute approximate surface area is 102 Å². The highest BCUT2D eigenvalue weighted by molar-refractivity contribution is 6.06. The minimum atomic E-state index is -0.232. The number of benzene rings is 2. The van der Waals surface area contributed by atoms with Crippen LogP contribution >= 0.6 is 0 Å². The van der Waals surface area contributed by atoms with Crippen LogP contribution in [-0.4, -0.2) is 4.98 Å². The fourth-order valence-electron chi connectivity index (χ4n) is 2.34. The van der Waals surface area contributed by atoms with Gasteiger partial charge >= 0.3 is 0 Å². The molecule has 0 bridgehead atoms. The maximum absolute atomic E-state index is 12.1. The normalized spacial score (nSPS) is 12.4.